The summed E-state index contributed by atoms with van der Waals surface area (Å²) in [5.41, 5.74) is -2.63. The average Bonchev–Trinajstić information content (AvgIpc) is 3.11. The van der Waals surface area contributed by atoms with Crippen LogP contribution < -0.4 is 0 Å². The highest BCUT2D eigenvalue weighted by Gasteiger charge is 2.90. The number of ketones is 1. The summed E-state index contributed by atoms with van der Waals surface area (Å²) in [4.78, 5) is 12.5. The van der Waals surface area contributed by atoms with Gasteiger partial charge in [-0.05, 0) is 12.2 Å². The van der Waals surface area contributed by atoms with E-state index in [0.717, 1.165) is 0 Å². The van der Waals surface area contributed by atoms with Gasteiger partial charge in [-0.3, -0.25) is 4.79 Å². The molecule has 0 aromatic rings. The fourth-order valence-electron chi connectivity index (χ4n) is 3.31. The predicted octanol–water partition coefficient (Wildman–Crippen LogP) is 0.625. The van der Waals surface area contributed by atoms with E-state index in [1.807, 2.05) is 13.8 Å². The molecular weight excluding hydrogens is 292 g/mol. The van der Waals surface area contributed by atoms with Gasteiger partial charge in [0.2, 0.25) is 0 Å². The summed E-state index contributed by atoms with van der Waals surface area (Å²) >= 11 is 0. The molecule has 0 saturated carbocycles. The van der Waals surface area contributed by atoms with Crippen LogP contribution in [-0.2, 0) is 33.2 Å². The molecule has 7 heteroatoms. The van der Waals surface area contributed by atoms with Gasteiger partial charge >= 0.3 is 5.97 Å². The standard InChI is InChI=1S/C15H22O7/c1-12(2)8-20-11(21-9-12)13-7-6-10(16)14(13,22-13)15(17-3,18-4)19-5/h6-7,11H,8-9H2,1-5H3/t13-,14-/m0/s1. The first-order valence-corrected chi connectivity index (χ1v) is 7.15. The molecule has 0 amide bonds. The molecule has 0 aromatic carbocycles. The maximum atomic E-state index is 12.5. The third-order valence-corrected chi connectivity index (χ3v) is 4.50. The molecule has 2 fully saturated rings. The van der Waals surface area contributed by atoms with Crippen LogP contribution in [0, 0.1) is 5.41 Å². The molecule has 2 atom stereocenters. The number of epoxide rings is 1. The summed E-state index contributed by atoms with van der Waals surface area (Å²) < 4.78 is 33.5. The van der Waals surface area contributed by atoms with Crippen molar-refractivity contribution in [1.29, 1.82) is 0 Å². The smallest absolute Gasteiger partial charge is 0.324 e. The van der Waals surface area contributed by atoms with Gasteiger partial charge in [-0.15, -0.1) is 0 Å². The van der Waals surface area contributed by atoms with Gasteiger partial charge < -0.3 is 28.4 Å². The molecule has 0 aromatic heterocycles. The summed E-state index contributed by atoms with van der Waals surface area (Å²) in [5, 5.41) is 0. The zero-order valence-corrected chi connectivity index (χ0v) is 13.5. The maximum Gasteiger partial charge on any atom is 0.324 e. The topological polar surface area (TPSA) is 75.8 Å². The minimum absolute atomic E-state index is 0.0854. The van der Waals surface area contributed by atoms with E-state index in [4.69, 9.17) is 28.4 Å². The Morgan fingerprint density at radius 3 is 2.18 bits per heavy atom. The number of methoxy groups -OCH3 is 3. The predicted molar refractivity (Wildman–Crippen MR) is 73.9 cm³/mol. The molecular formula is C15H22O7. The molecule has 2 aliphatic heterocycles. The first kappa shape index (κ1) is 16.0. The normalized spacial score (nSPS) is 37.4. The van der Waals surface area contributed by atoms with Gasteiger partial charge in [0.05, 0.1) is 13.2 Å². The van der Waals surface area contributed by atoms with Gasteiger partial charge in [-0.25, -0.2) is 0 Å². The van der Waals surface area contributed by atoms with E-state index in [1.165, 1.54) is 27.4 Å². The zero-order chi connectivity index (χ0) is 16.2. The number of fused-ring (bicyclic) bond motifs is 1. The second-order valence-electron chi connectivity index (χ2n) is 6.56. The van der Waals surface area contributed by atoms with Crippen LogP contribution in [-0.4, -0.2) is 63.8 Å². The molecule has 2 heterocycles. The van der Waals surface area contributed by atoms with E-state index in [1.54, 1.807) is 6.08 Å². The highest BCUT2D eigenvalue weighted by molar-refractivity contribution is 6.05. The summed E-state index contributed by atoms with van der Waals surface area (Å²) in [7, 11) is 4.18. The fourth-order valence-corrected chi connectivity index (χ4v) is 3.31. The number of carbonyl (C=O) groups excluding carboxylic acids is 1. The summed E-state index contributed by atoms with van der Waals surface area (Å²) in [5.74, 6) is -1.96. The number of hydrogen-bond donors (Lipinski definition) is 0. The molecule has 0 radical (unpaired) electrons. The van der Waals surface area contributed by atoms with Crippen molar-refractivity contribution < 1.29 is 33.2 Å². The highest BCUT2D eigenvalue weighted by Crippen LogP contribution is 2.63. The molecule has 22 heavy (non-hydrogen) atoms. The Kier molecular flexibility index (Phi) is 3.52. The number of carbonyl (C=O) groups is 1. The third-order valence-electron chi connectivity index (χ3n) is 4.50. The van der Waals surface area contributed by atoms with Crippen molar-refractivity contribution in [3.63, 3.8) is 0 Å². The first-order chi connectivity index (χ1) is 10.3. The lowest BCUT2D eigenvalue weighted by Gasteiger charge is -2.38. The molecule has 3 rings (SSSR count). The van der Waals surface area contributed by atoms with Crippen molar-refractivity contribution in [2.45, 2.75) is 37.3 Å². The Morgan fingerprint density at radius 2 is 1.68 bits per heavy atom. The monoisotopic (exact) mass is 314 g/mol. The maximum absolute atomic E-state index is 12.5. The fraction of sp³-hybridized carbons (Fsp3) is 0.800. The van der Waals surface area contributed by atoms with Crippen LogP contribution in [0.25, 0.3) is 0 Å². The molecule has 0 unspecified atom stereocenters. The Labute approximate surface area is 129 Å². The lowest BCUT2D eigenvalue weighted by Crippen LogP contribution is -2.59. The van der Waals surface area contributed by atoms with Gasteiger partial charge in [0, 0.05) is 26.7 Å². The molecule has 2 saturated heterocycles. The zero-order valence-electron chi connectivity index (χ0n) is 13.5. The van der Waals surface area contributed by atoms with E-state index in [-0.39, 0.29) is 11.2 Å². The minimum atomic E-state index is -1.66. The van der Waals surface area contributed by atoms with Crippen molar-refractivity contribution in [3.05, 3.63) is 12.2 Å². The molecule has 1 aliphatic carbocycles. The summed E-state index contributed by atoms with van der Waals surface area (Å²) in [6.07, 6.45) is 2.36. The van der Waals surface area contributed by atoms with Gasteiger partial charge in [0.25, 0.3) is 5.60 Å². The second-order valence-corrected chi connectivity index (χ2v) is 6.56. The van der Waals surface area contributed by atoms with E-state index in [0.29, 0.717) is 13.2 Å². The van der Waals surface area contributed by atoms with Crippen LogP contribution in [0.2, 0.25) is 0 Å². The molecule has 3 aliphatic rings. The van der Waals surface area contributed by atoms with Crippen molar-refractivity contribution in [1.82, 2.24) is 0 Å². The summed E-state index contributed by atoms with van der Waals surface area (Å²) in [6.45, 7) is 5.09. The molecule has 0 N–H and O–H groups in total. The van der Waals surface area contributed by atoms with E-state index in [2.05, 4.69) is 0 Å². The Bertz CT molecular complexity index is 492. The van der Waals surface area contributed by atoms with Crippen LogP contribution in [0.5, 0.6) is 0 Å². The Morgan fingerprint density at radius 1 is 1.14 bits per heavy atom. The third kappa shape index (κ3) is 1.75. The molecule has 0 spiro atoms. The molecule has 0 bridgehead atoms. The van der Waals surface area contributed by atoms with Crippen LogP contribution in [0.3, 0.4) is 0 Å². The Balaban J connectivity index is 1.92. The highest BCUT2D eigenvalue weighted by atomic mass is 16.9. The second kappa shape index (κ2) is 4.83. The van der Waals surface area contributed by atoms with Crippen molar-refractivity contribution in [3.8, 4) is 0 Å². The molecule has 7 nitrogen and oxygen atoms in total. The van der Waals surface area contributed by atoms with E-state index >= 15 is 0 Å². The summed E-state index contributed by atoms with van der Waals surface area (Å²) in [6, 6.07) is 0. The van der Waals surface area contributed by atoms with Crippen LogP contribution >= 0.6 is 0 Å². The number of hydrogen-bond acceptors (Lipinski definition) is 7. The van der Waals surface area contributed by atoms with E-state index in [9.17, 15) is 4.79 Å². The van der Waals surface area contributed by atoms with Crippen LogP contribution in [0.4, 0.5) is 0 Å². The number of rotatable bonds is 5. The van der Waals surface area contributed by atoms with Crippen molar-refractivity contribution >= 4 is 5.78 Å². The lowest BCUT2D eigenvalue weighted by atomic mass is 9.89. The quantitative estimate of drug-likeness (QED) is 0.544. The average molecular weight is 314 g/mol. The first-order valence-electron chi connectivity index (χ1n) is 7.15. The number of ether oxygens (including phenoxy) is 6. The van der Waals surface area contributed by atoms with Crippen LogP contribution in [0.1, 0.15) is 13.8 Å². The SMILES string of the molecule is COC(OC)(OC)[C@@]12O[C@]1(C1OCC(C)(C)CO1)C=CC2=O. The minimum Gasteiger partial charge on any atom is -0.349 e. The van der Waals surface area contributed by atoms with E-state index < -0.39 is 23.5 Å². The van der Waals surface area contributed by atoms with Gasteiger partial charge in [-0.2, -0.15) is 0 Å². The Hall–Kier alpha value is -0.830. The van der Waals surface area contributed by atoms with Gasteiger partial charge in [-0.1, -0.05) is 13.8 Å². The van der Waals surface area contributed by atoms with Gasteiger partial charge in [0.1, 0.15) is 0 Å². The molecule has 124 valence electrons. The van der Waals surface area contributed by atoms with Gasteiger partial charge in [0.15, 0.2) is 17.7 Å². The van der Waals surface area contributed by atoms with Crippen LogP contribution in [0.15, 0.2) is 12.2 Å². The van der Waals surface area contributed by atoms with Crippen molar-refractivity contribution in [2.24, 2.45) is 5.41 Å². The van der Waals surface area contributed by atoms with Crippen molar-refractivity contribution in [2.75, 3.05) is 34.5 Å². The largest absolute Gasteiger partial charge is 0.349 e. The lowest BCUT2D eigenvalue weighted by molar-refractivity contribution is -0.375.